The molecule has 0 aromatic heterocycles. The topological polar surface area (TPSA) is 0 Å². The van der Waals surface area contributed by atoms with Gasteiger partial charge in [-0.3, -0.25) is 0 Å². The van der Waals surface area contributed by atoms with E-state index in [9.17, 15) is 0 Å². The molecule has 0 aliphatic carbocycles. The van der Waals surface area contributed by atoms with E-state index in [1.165, 1.54) is 24.8 Å². The van der Waals surface area contributed by atoms with Gasteiger partial charge >= 0.3 is 0 Å². The molecule has 1 aromatic carbocycles. The Morgan fingerprint density at radius 1 is 1.43 bits per heavy atom. The van der Waals surface area contributed by atoms with Crippen molar-refractivity contribution >= 4 is 11.6 Å². The van der Waals surface area contributed by atoms with Crippen molar-refractivity contribution in [2.24, 2.45) is 5.92 Å². The summed E-state index contributed by atoms with van der Waals surface area (Å²) in [5, 5.41) is 0.727. The molecule has 0 amide bonds. The molecule has 1 rings (SSSR count). The maximum atomic E-state index is 5.87. The van der Waals surface area contributed by atoms with E-state index in [1.54, 1.807) is 0 Å². The lowest BCUT2D eigenvalue weighted by Crippen LogP contribution is -1.96. The van der Waals surface area contributed by atoms with Crippen molar-refractivity contribution in [3.8, 4) is 0 Å². The van der Waals surface area contributed by atoms with Crippen LogP contribution < -0.4 is 0 Å². The van der Waals surface area contributed by atoms with E-state index in [1.807, 2.05) is 12.1 Å². The molecule has 0 N–H and O–H groups in total. The summed E-state index contributed by atoms with van der Waals surface area (Å²) in [7, 11) is 0. The van der Waals surface area contributed by atoms with Gasteiger partial charge in [0.1, 0.15) is 0 Å². The summed E-state index contributed by atoms with van der Waals surface area (Å²) in [5.74, 6) is 0.822. The Balaban J connectivity index is 2.37. The molecule has 77 valence electrons. The second-order valence-corrected chi connectivity index (χ2v) is 4.38. The SMILES string of the molecule is CCCC(C)CCc1cc[c]c(Cl)c1. The van der Waals surface area contributed by atoms with Gasteiger partial charge in [0.05, 0.1) is 0 Å². The van der Waals surface area contributed by atoms with Crippen molar-refractivity contribution in [2.75, 3.05) is 0 Å². The predicted molar refractivity (Wildman–Crippen MR) is 62.7 cm³/mol. The normalized spacial score (nSPS) is 12.8. The minimum Gasteiger partial charge on any atom is -0.0837 e. The first-order valence-electron chi connectivity index (χ1n) is 5.38. The molecule has 14 heavy (non-hydrogen) atoms. The molecule has 0 aliphatic heterocycles. The van der Waals surface area contributed by atoms with Gasteiger partial charge in [-0.15, -0.1) is 0 Å². The molecule has 1 unspecified atom stereocenters. The van der Waals surface area contributed by atoms with Crippen LogP contribution >= 0.6 is 11.6 Å². The van der Waals surface area contributed by atoms with Crippen LogP contribution in [0.1, 0.15) is 38.7 Å². The van der Waals surface area contributed by atoms with Crippen molar-refractivity contribution in [1.29, 1.82) is 0 Å². The van der Waals surface area contributed by atoms with Crippen LogP contribution in [0.15, 0.2) is 18.2 Å². The highest BCUT2D eigenvalue weighted by Crippen LogP contribution is 2.16. The Hall–Kier alpha value is -0.490. The Bertz CT molecular complexity index is 268. The van der Waals surface area contributed by atoms with E-state index in [0.717, 1.165) is 17.4 Å². The minimum atomic E-state index is 0.727. The maximum Gasteiger partial charge on any atom is 0.0487 e. The monoisotopic (exact) mass is 209 g/mol. The van der Waals surface area contributed by atoms with Crippen molar-refractivity contribution in [2.45, 2.75) is 39.5 Å². The average molecular weight is 210 g/mol. The second kappa shape index (κ2) is 6.08. The Morgan fingerprint density at radius 2 is 2.21 bits per heavy atom. The molecule has 0 nitrogen and oxygen atoms in total. The second-order valence-electron chi connectivity index (χ2n) is 3.98. The molecule has 0 bridgehead atoms. The zero-order chi connectivity index (χ0) is 10.4. The van der Waals surface area contributed by atoms with Crippen LogP contribution in [0.4, 0.5) is 0 Å². The third-order valence-electron chi connectivity index (χ3n) is 2.54. The summed E-state index contributed by atoms with van der Waals surface area (Å²) in [5.41, 5.74) is 1.33. The van der Waals surface area contributed by atoms with Gasteiger partial charge in [0, 0.05) is 11.1 Å². The van der Waals surface area contributed by atoms with Gasteiger partial charge < -0.3 is 0 Å². The van der Waals surface area contributed by atoms with Crippen molar-refractivity contribution in [3.05, 3.63) is 34.9 Å². The first-order chi connectivity index (χ1) is 6.72. The fourth-order valence-electron chi connectivity index (χ4n) is 1.69. The number of aryl methyl sites for hydroxylation is 1. The zero-order valence-corrected chi connectivity index (χ0v) is 9.77. The molecule has 0 heterocycles. The van der Waals surface area contributed by atoms with Crippen LogP contribution in [0.25, 0.3) is 0 Å². The number of halogens is 1. The lowest BCUT2D eigenvalue weighted by atomic mass is 9.97. The summed E-state index contributed by atoms with van der Waals surface area (Å²) in [4.78, 5) is 0. The van der Waals surface area contributed by atoms with Gasteiger partial charge in [-0.2, -0.15) is 0 Å². The van der Waals surface area contributed by atoms with Gasteiger partial charge in [-0.1, -0.05) is 50.4 Å². The van der Waals surface area contributed by atoms with Crippen molar-refractivity contribution in [3.63, 3.8) is 0 Å². The highest BCUT2D eigenvalue weighted by molar-refractivity contribution is 6.30. The van der Waals surface area contributed by atoms with Gasteiger partial charge in [0.25, 0.3) is 0 Å². The number of hydrogen-bond acceptors (Lipinski definition) is 0. The van der Waals surface area contributed by atoms with E-state index < -0.39 is 0 Å². The number of benzene rings is 1. The fourth-order valence-corrected chi connectivity index (χ4v) is 1.89. The van der Waals surface area contributed by atoms with Gasteiger partial charge in [-0.05, 0) is 30.4 Å². The number of rotatable bonds is 5. The zero-order valence-electron chi connectivity index (χ0n) is 9.02. The largest absolute Gasteiger partial charge is 0.0837 e. The minimum absolute atomic E-state index is 0.727. The maximum absolute atomic E-state index is 5.87. The van der Waals surface area contributed by atoms with Crippen LogP contribution in [-0.2, 0) is 6.42 Å². The molecule has 1 radical (unpaired) electrons. The number of hydrogen-bond donors (Lipinski definition) is 0. The summed E-state index contributed by atoms with van der Waals surface area (Å²) < 4.78 is 0. The van der Waals surface area contributed by atoms with E-state index in [0.29, 0.717) is 0 Å². The van der Waals surface area contributed by atoms with Gasteiger partial charge in [0.2, 0.25) is 0 Å². The van der Waals surface area contributed by atoms with Crippen LogP contribution in [0.2, 0.25) is 5.02 Å². The quantitative estimate of drug-likeness (QED) is 0.670. The molecule has 0 saturated carbocycles. The van der Waals surface area contributed by atoms with E-state index in [4.69, 9.17) is 11.6 Å². The van der Waals surface area contributed by atoms with Crippen LogP contribution in [0.5, 0.6) is 0 Å². The van der Waals surface area contributed by atoms with E-state index >= 15 is 0 Å². The molecule has 0 aliphatic rings. The fraction of sp³-hybridized carbons (Fsp3) is 0.538. The molecular weight excluding hydrogens is 192 g/mol. The third-order valence-corrected chi connectivity index (χ3v) is 2.76. The Kier molecular flexibility index (Phi) is 5.03. The first-order valence-corrected chi connectivity index (χ1v) is 5.76. The lowest BCUT2D eigenvalue weighted by molar-refractivity contribution is 0.486. The standard InChI is InChI=1S/C13H18Cl/c1-3-5-11(2)8-9-12-6-4-7-13(14)10-12/h4,6,10-11H,3,5,8-9H2,1-2H3. The van der Waals surface area contributed by atoms with Crippen molar-refractivity contribution in [1.82, 2.24) is 0 Å². The van der Waals surface area contributed by atoms with Crippen LogP contribution in [0, 0.1) is 12.0 Å². The van der Waals surface area contributed by atoms with E-state index in [-0.39, 0.29) is 0 Å². The smallest absolute Gasteiger partial charge is 0.0487 e. The molecule has 0 spiro atoms. The summed E-state index contributed by atoms with van der Waals surface area (Å²) >= 11 is 5.87. The Labute approximate surface area is 92.3 Å². The first kappa shape index (κ1) is 11.6. The van der Waals surface area contributed by atoms with Crippen molar-refractivity contribution < 1.29 is 0 Å². The summed E-state index contributed by atoms with van der Waals surface area (Å²) in [6, 6.07) is 8.97. The van der Waals surface area contributed by atoms with E-state index in [2.05, 4.69) is 26.0 Å². The average Bonchev–Trinajstić information content (AvgIpc) is 2.15. The molecule has 0 saturated heterocycles. The Morgan fingerprint density at radius 3 is 2.86 bits per heavy atom. The highest BCUT2D eigenvalue weighted by Gasteiger charge is 2.01. The summed E-state index contributed by atoms with van der Waals surface area (Å²) in [6.07, 6.45) is 5.00. The van der Waals surface area contributed by atoms with Crippen LogP contribution in [0.3, 0.4) is 0 Å². The van der Waals surface area contributed by atoms with Crippen LogP contribution in [-0.4, -0.2) is 0 Å². The molecular formula is C13H18Cl. The molecule has 1 aromatic rings. The summed E-state index contributed by atoms with van der Waals surface area (Å²) in [6.45, 7) is 4.56. The van der Waals surface area contributed by atoms with Gasteiger partial charge in [-0.25, -0.2) is 0 Å². The van der Waals surface area contributed by atoms with Gasteiger partial charge in [0.15, 0.2) is 0 Å². The molecule has 1 atom stereocenters. The lowest BCUT2D eigenvalue weighted by Gasteiger charge is -2.09. The third kappa shape index (κ3) is 4.15. The predicted octanol–water partition coefficient (Wildman–Crippen LogP) is 4.51. The molecule has 1 heteroatoms. The molecule has 0 fully saturated rings. The highest BCUT2D eigenvalue weighted by atomic mass is 35.5.